The largest absolute Gasteiger partial charge is 1.00 e. The number of benzene rings is 2. The van der Waals surface area contributed by atoms with Gasteiger partial charge < -0.3 is 13.7 Å². The van der Waals surface area contributed by atoms with E-state index < -0.39 is 51.3 Å². The van der Waals surface area contributed by atoms with Gasteiger partial charge in [-0.15, -0.1) is 0 Å². The molecule has 1 aliphatic rings. The second kappa shape index (κ2) is 12.9. The molecule has 2 aromatic rings. The summed E-state index contributed by atoms with van der Waals surface area (Å²) in [5, 5.41) is -0.0457. The second-order valence-corrected chi connectivity index (χ2v) is 11.5. The Hall–Kier alpha value is 3.01. The Morgan fingerprint density at radius 1 is 0.879 bits per heavy atom. The molecule has 0 N–H and O–H groups in total. The van der Waals surface area contributed by atoms with Gasteiger partial charge in [0.15, 0.2) is 0 Å². The van der Waals surface area contributed by atoms with Crippen molar-refractivity contribution >= 4 is 52.5 Å². The topological polar surface area (TPSA) is 184 Å². The average Bonchev–Trinajstić information content (AvgIpc) is 2.82. The predicted molar refractivity (Wildman–Crippen MR) is 104 cm³/mol. The standard InChI is InChI=1S/C17H19NO9S3.3K/c1-10-17(2,6-3-7-28(19,20)21)16-13-8-11(29(22,23)24)9-15(30(25,26)27)12(13)4-5-14(16)18-10;;;/h4-5,8-9H,3,6-7H2,1-2H3,(H,19,20,21)(H,22,23,24)(H,25,26,27);;;/q;3*+1/p-3. The molecule has 2 aromatic carbocycles. The Morgan fingerprint density at radius 3 is 1.94 bits per heavy atom. The number of aliphatic imine (C=N–C) groups is 1. The Bertz CT molecular complexity index is 1420. The number of nitrogens with zero attached hydrogens (tertiary/aromatic N) is 1. The predicted octanol–water partition coefficient (Wildman–Crippen LogP) is -7.65. The van der Waals surface area contributed by atoms with Gasteiger partial charge in [-0.2, -0.15) is 0 Å². The summed E-state index contributed by atoms with van der Waals surface area (Å²) >= 11 is 0. The van der Waals surface area contributed by atoms with Crippen molar-refractivity contribution in [2.45, 2.75) is 41.9 Å². The van der Waals surface area contributed by atoms with E-state index in [1.54, 1.807) is 13.8 Å². The minimum absolute atomic E-state index is 0. The molecule has 33 heavy (non-hydrogen) atoms. The molecule has 10 nitrogen and oxygen atoms in total. The van der Waals surface area contributed by atoms with Crippen LogP contribution in [0, 0.1) is 0 Å². The van der Waals surface area contributed by atoms with Crippen LogP contribution < -0.4 is 154 Å². The van der Waals surface area contributed by atoms with Gasteiger partial charge in [-0.3, -0.25) is 4.99 Å². The van der Waals surface area contributed by atoms with Crippen molar-refractivity contribution < 1.29 is 193 Å². The quantitative estimate of drug-likeness (QED) is 0.232. The normalized spacial score (nSPS) is 17.9. The summed E-state index contributed by atoms with van der Waals surface area (Å²) in [7, 11) is -14.7. The van der Waals surface area contributed by atoms with Crippen LogP contribution in [0.3, 0.4) is 0 Å². The summed E-state index contributed by atoms with van der Waals surface area (Å²) in [4.78, 5) is 2.65. The molecule has 0 saturated heterocycles. The van der Waals surface area contributed by atoms with E-state index in [2.05, 4.69) is 4.99 Å². The zero-order chi connectivity index (χ0) is 22.7. The van der Waals surface area contributed by atoms with Crippen molar-refractivity contribution in [2.24, 2.45) is 4.99 Å². The minimum Gasteiger partial charge on any atom is -0.748 e. The SMILES string of the molecule is CC1=Nc2ccc3c(S(=O)(=O)[O-])cc(S(=O)(=O)[O-])cc3c2C1(C)CCCS(=O)(=O)[O-].[K+].[K+].[K+]. The van der Waals surface area contributed by atoms with Crippen LogP contribution in [0.5, 0.6) is 0 Å². The number of hydrogen-bond acceptors (Lipinski definition) is 10. The molecule has 0 aromatic heterocycles. The van der Waals surface area contributed by atoms with Crippen LogP contribution in [0.4, 0.5) is 5.69 Å². The maximum absolute atomic E-state index is 11.8. The molecule has 0 aliphatic carbocycles. The Kier molecular flexibility index (Phi) is 14.1. The third-order valence-corrected chi connectivity index (χ3v) is 7.79. The summed E-state index contributed by atoms with van der Waals surface area (Å²) in [5.41, 5.74) is 0.267. The summed E-state index contributed by atoms with van der Waals surface area (Å²) in [6.07, 6.45) is 0.0982. The summed E-state index contributed by atoms with van der Waals surface area (Å²) < 4.78 is 103. The van der Waals surface area contributed by atoms with Gasteiger partial charge in [-0.1, -0.05) is 13.0 Å². The van der Waals surface area contributed by atoms with Crippen LogP contribution in [-0.4, -0.2) is 50.4 Å². The Balaban J connectivity index is 0.00000341. The van der Waals surface area contributed by atoms with Gasteiger partial charge in [0.25, 0.3) is 0 Å². The van der Waals surface area contributed by atoms with E-state index in [1.807, 2.05) is 0 Å². The van der Waals surface area contributed by atoms with Gasteiger partial charge in [0.05, 0.1) is 25.6 Å². The van der Waals surface area contributed by atoms with Crippen molar-refractivity contribution in [3.8, 4) is 0 Å². The third-order valence-electron chi connectivity index (χ3n) is 5.32. The number of rotatable bonds is 6. The van der Waals surface area contributed by atoms with Crippen LogP contribution in [0.2, 0.25) is 0 Å². The van der Waals surface area contributed by atoms with E-state index >= 15 is 0 Å². The minimum atomic E-state index is -5.13. The van der Waals surface area contributed by atoms with Crippen molar-refractivity contribution in [3.63, 3.8) is 0 Å². The zero-order valence-corrected chi connectivity index (χ0v) is 30.6. The summed E-state index contributed by atoms with van der Waals surface area (Å²) in [6, 6.07) is 4.27. The molecule has 164 valence electrons. The maximum Gasteiger partial charge on any atom is 1.00 e. The van der Waals surface area contributed by atoms with E-state index in [1.165, 1.54) is 12.1 Å². The monoisotopic (exact) mass is 591 g/mol. The molecular formula is C17H16K3NO9S3. The molecule has 0 radical (unpaired) electrons. The first-order valence-electron chi connectivity index (χ1n) is 8.56. The Morgan fingerprint density at radius 2 is 1.45 bits per heavy atom. The van der Waals surface area contributed by atoms with Crippen molar-refractivity contribution in [1.82, 2.24) is 0 Å². The van der Waals surface area contributed by atoms with Crippen LogP contribution in [-0.2, 0) is 35.8 Å². The molecule has 16 heteroatoms. The molecule has 3 rings (SSSR count). The molecule has 1 aliphatic heterocycles. The molecule has 1 heterocycles. The molecule has 0 amide bonds. The van der Waals surface area contributed by atoms with Gasteiger partial charge in [-0.05, 0) is 54.3 Å². The first kappa shape index (κ1) is 36.0. The molecule has 0 spiro atoms. The van der Waals surface area contributed by atoms with Crippen molar-refractivity contribution in [3.05, 3.63) is 29.8 Å². The van der Waals surface area contributed by atoms with E-state index in [0.29, 0.717) is 23.0 Å². The van der Waals surface area contributed by atoms with Gasteiger partial charge in [0.1, 0.15) is 20.2 Å². The summed E-state index contributed by atoms with van der Waals surface area (Å²) in [6.45, 7) is 3.33. The molecule has 1 atom stereocenters. The zero-order valence-electron chi connectivity index (χ0n) is 18.8. The second-order valence-electron chi connectivity index (χ2n) is 7.28. The number of fused-ring (bicyclic) bond motifs is 3. The smallest absolute Gasteiger partial charge is 0.748 e. The molecular weight excluding hydrogens is 576 g/mol. The molecule has 0 fully saturated rings. The van der Waals surface area contributed by atoms with Crippen molar-refractivity contribution in [2.75, 3.05) is 5.75 Å². The fourth-order valence-corrected chi connectivity index (χ4v) is 5.60. The van der Waals surface area contributed by atoms with Crippen LogP contribution in [0.1, 0.15) is 32.3 Å². The molecule has 1 unspecified atom stereocenters. The first-order chi connectivity index (χ1) is 13.5. The van der Waals surface area contributed by atoms with Crippen LogP contribution in [0.25, 0.3) is 10.8 Å². The van der Waals surface area contributed by atoms with E-state index in [0.717, 1.165) is 6.07 Å². The van der Waals surface area contributed by atoms with Crippen LogP contribution in [0.15, 0.2) is 39.0 Å². The average molecular weight is 592 g/mol. The first-order valence-corrected chi connectivity index (χ1v) is 13.0. The number of hydrogen-bond donors (Lipinski definition) is 0. The van der Waals surface area contributed by atoms with Crippen LogP contribution >= 0.6 is 0 Å². The molecule has 0 bridgehead atoms. The van der Waals surface area contributed by atoms with E-state index in [-0.39, 0.29) is 178 Å². The van der Waals surface area contributed by atoms with Crippen molar-refractivity contribution in [1.29, 1.82) is 0 Å². The third kappa shape index (κ3) is 8.25. The van der Waals surface area contributed by atoms with Gasteiger partial charge >= 0.3 is 154 Å². The fraction of sp³-hybridized carbons (Fsp3) is 0.353. The van der Waals surface area contributed by atoms with E-state index in [9.17, 15) is 38.9 Å². The maximum atomic E-state index is 11.8. The van der Waals surface area contributed by atoms with Gasteiger partial charge in [0, 0.05) is 16.9 Å². The van der Waals surface area contributed by atoms with E-state index in [4.69, 9.17) is 0 Å². The van der Waals surface area contributed by atoms with Gasteiger partial charge in [-0.25, -0.2) is 25.3 Å². The Labute approximate surface area is 320 Å². The van der Waals surface area contributed by atoms with Gasteiger partial charge in [0.2, 0.25) is 0 Å². The summed E-state index contributed by atoms with van der Waals surface area (Å²) in [5.74, 6) is -0.629. The fourth-order valence-electron chi connectivity index (χ4n) is 3.78. The molecule has 0 saturated carbocycles.